The van der Waals surface area contributed by atoms with E-state index in [1.807, 2.05) is 17.8 Å². The van der Waals surface area contributed by atoms with Crippen LogP contribution in [-0.2, 0) is 11.8 Å². The van der Waals surface area contributed by atoms with Gasteiger partial charge in [0, 0.05) is 25.5 Å². The number of carbonyl (C=O) groups excluding carboxylic acids is 1. The molecule has 3 atom stereocenters. The summed E-state index contributed by atoms with van der Waals surface area (Å²) in [5.74, 6) is 1.86. The second kappa shape index (κ2) is 6.46. The summed E-state index contributed by atoms with van der Waals surface area (Å²) in [6.45, 7) is 4.53. The molecular weight excluding hydrogens is 258 g/mol. The zero-order chi connectivity index (χ0) is 13.8. The van der Waals surface area contributed by atoms with E-state index < -0.39 is 0 Å². The van der Waals surface area contributed by atoms with E-state index in [1.54, 1.807) is 6.20 Å². The lowest BCUT2D eigenvalue weighted by atomic mass is 9.78. The van der Waals surface area contributed by atoms with Crippen LogP contribution in [0.2, 0.25) is 0 Å². The number of aryl methyl sites for hydroxylation is 1. The molecule has 0 aromatic carbocycles. The molecule has 1 aliphatic carbocycles. The Balaban J connectivity index is 1.79. The van der Waals surface area contributed by atoms with Gasteiger partial charge in [0.1, 0.15) is 0 Å². The van der Waals surface area contributed by atoms with Crippen molar-refractivity contribution in [2.24, 2.45) is 18.9 Å². The number of imidazole rings is 1. The van der Waals surface area contributed by atoms with Gasteiger partial charge in [0.15, 0.2) is 5.16 Å². The summed E-state index contributed by atoms with van der Waals surface area (Å²) in [6.07, 6.45) is 7.28. The van der Waals surface area contributed by atoms with Crippen molar-refractivity contribution in [1.82, 2.24) is 14.9 Å². The van der Waals surface area contributed by atoms with Gasteiger partial charge < -0.3 is 9.88 Å². The molecule has 1 heterocycles. The van der Waals surface area contributed by atoms with Crippen LogP contribution < -0.4 is 5.32 Å². The fourth-order valence-corrected chi connectivity index (χ4v) is 3.40. The molecule has 1 N–H and O–H groups in total. The molecule has 1 saturated carbocycles. The van der Waals surface area contributed by atoms with Crippen LogP contribution >= 0.6 is 11.8 Å². The predicted octanol–water partition coefficient (Wildman–Crippen LogP) is 2.45. The average Bonchev–Trinajstić information content (AvgIpc) is 2.78. The summed E-state index contributed by atoms with van der Waals surface area (Å²) in [5.41, 5.74) is 0. The van der Waals surface area contributed by atoms with Crippen LogP contribution in [0.5, 0.6) is 0 Å². The maximum absolute atomic E-state index is 12.0. The minimum absolute atomic E-state index is 0.124. The zero-order valence-corrected chi connectivity index (χ0v) is 12.7. The smallest absolute Gasteiger partial charge is 0.230 e. The van der Waals surface area contributed by atoms with Crippen molar-refractivity contribution < 1.29 is 4.79 Å². The monoisotopic (exact) mass is 281 g/mol. The van der Waals surface area contributed by atoms with E-state index >= 15 is 0 Å². The van der Waals surface area contributed by atoms with E-state index in [9.17, 15) is 4.79 Å². The lowest BCUT2D eigenvalue weighted by Gasteiger charge is -2.34. The molecule has 4 nitrogen and oxygen atoms in total. The van der Waals surface area contributed by atoms with Crippen molar-refractivity contribution in [3.63, 3.8) is 0 Å². The predicted molar refractivity (Wildman–Crippen MR) is 78.0 cm³/mol. The van der Waals surface area contributed by atoms with Gasteiger partial charge in [-0.3, -0.25) is 4.79 Å². The van der Waals surface area contributed by atoms with Crippen LogP contribution in [0, 0.1) is 11.8 Å². The van der Waals surface area contributed by atoms with E-state index in [2.05, 4.69) is 24.1 Å². The Labute approximate surface area is 119 Å². The van der Waals surface area contributed by atoms with Crippen molar-refractivity contribution in [1.29, 1.82) is 0 Å². The minimum Gasteiger partial charge on any atom is -0.352 e. The molecule has 19 heavy (non-hydrogen) atoms. The first-order valence-corrected chi connectivity index (χ1v) is 7.96. The van der Waals surface area contributed by atoms with Crippen molar-refractivity contribution >= 4 is 17.7 Å². The van der Waals surface area contributed by atoms with Gasteiger partial charge in [-0.05, 0) is 18.3 Å². The number of nitrogens with one attached hydrogen (secondary N) is 1. The highest BCUT2D eigenvalue weighted by atomic mass is 32.2. The Bertz CT molecular complexity index is 432. The van der Waals surface area contributed by atoms with Crippen molar-refractivity contribution in [3.05, 3.63) is 12.4 Å². The third-order valence-electron chi connectivity index (χ3n) is 4.16. The lowest BCUT2D eigenvalue weighted by molar-refractivity contribution is -0.120. The zero-order valence-electron chi connectivity index (χ0n) is 11.9. The second-order valence-corrected chi connectivity index (χ2v) is 6.49. The van der Waals surface area contributed by atoms with Gasteiger partial charge in [-0.2, -0.15) is 0 Å². The van der Waals surface area contributed by atoms with Gasteiger partial charge in [0.25, 0.3) is 0 Å². The molecule has 106 valence electrons. The summed E-state index contributed by atoms with van der Waals surface area (Å²) in [7, 11) is 1.94. The summed E-state index contributed by atoms with van der Waals surface area (Å²) >= 11 is 1.49. The molecule has 0 spiro atoms. The van der Waals surface area contributed by atoms with Gasteiger partial charge in [-0.15, -0.1) is 0 Å². The normalized spacial score (nSPS) is 27.2. The van der Waals surface area contributed by atoms with Gasteiger partial charge in [0.2, 0.25) is 5.91 Å². The first-order chi connectivity index (χ1) is 9.08. The summed E-state index contributed by atoms with van der Waals surface area (Å²) in [6, 6.07) is 0.346. The number of thioether (sulfide) groups is 1. The lowest BCUT2D eigenvalue weighted by Crippen LogP contribution is -2.44. The largest absolute Gasteiger partial charge is 0.352 e. The van der Waals surface area contributed by atoms with Gasteiger partial charge in [-0.1, -0.05) is 38.5 Å². The Morgan fingerprint density at radius 1 is 1.53 bits per heavy atom. The molecule has 2 rings (SSSR count). The summed E-state index contributed by atoms with van der Waals surface area (Å²) < 4.78 is 1.93. The highest BCUT2D eigenvalue weighted by molar-refractivity contribution is 7.99. The third kappa shape index (κ3) is 3.75. The molecule has 0 saturated heterocycles. The highest BCUT2D eigenvalue weighted by Gasteiger charge is 2.28. The van der Waals surface area contributed by atoms with Crippen LogP contribution in [0.15, 0.2) is 17.6 Å². The Kier molecular flexibility index (Phi) is 4.91. The summed E-state index contributed by atoms with van der Waals surface area (Å²) in [4.78, 5) is 16.2. The molecule has 0 aliphatic heterocycles. The number of rotatable bonds is 4. The standard InChI is InChI=1S/C14H23N3OS/c1-10-5-4-6-12(11(10)2)16-13(18)9-19-14-15-7-8-17(14)3/h7-8,10-12H,4-6,9H2,1-3H3,(H,16,18)/t10-,11+,12+/m0/s1. The topological polar surface area (TPSA) is 46.9 Å². The fraction of sp³-hybridized carbons (Fsp3) is 0.714. The van der Waals surface area contributed by atoms with Gasteiger partial charge in [-0.25, -0.2) is 4.98 Å². The molecule has 5 heteroatoms. The summed E-state index contributed by atoms with van der Waals surface area (Å²) in [5, 5.41) is 4.07. The molecule has 0 bridgehead atoms. The molecule has 1 aliphatic rings. The number of hydrogen-bond donors (Lipinski definition) is 1. The third-order valence-corrected chi connectivity index (χ3v) is 5.22. The van der Waals surface area contributed by atoms with E-state index in [4.69, 9.17) is 0 Å². The Morgan fingerprint density at radius 2 is 2.32 bits per heavy atom. The van der Waals surface area contributed by atoms with Crippen LogP contribution in [0.4, 0.5) is 0 Å². The molecule has 1 fully saturated rings. The molecule has 1 aromatic heterocycles. The van der Waals surface area contributed by atoms with E-state index in [0.29, 0.717) is 23.6 Å². The first kappa shape index (κ1) is 14.4. The van der Waals surface area contributed by atoms with Gasteiger partial charge in [0.05, 0.1) is 5.75 Å². The van der Waals surface area contributed by atoms with Crippen LogP contribution in [0.1, 0.15) is 33.1 Å². The first-order valence-electron chi connectivity index (χ1n) is 6.97. The van der Waals surface area contributed by atoms with Gasteiger partial charge >= 0.3 is 0 Å². The van der Waals surface area contributed by atoms with Crippen molar-refractivity contribution in [2.75, 3.05) is 5.75 Å². The fourth-order valence-electron chi connectivity index (χ4n) is 2.66. The van der Waals surface area contributed by atoms with E-state index in [1.165, 1.54) is 24.6 Å². The molecular formula is C14H23N3OS. The Morgan fingerprint density at radius 3 is 3.00 bits per heavy atom. The van der Waals surface area contributed by atoms with E-state index in [0.717, 1.165) is 11.6 Å². The van der Waals surface area contributed by atoms with Crippen LogP contribution in [0.3, 0.4) is 0 Å². The molecule has 1 aromatic rings. The number of hydrogen-bond acceptors (Lipinski definition) is 3. The molecule has 0 unspecified atom stereocenters. The number of nitrogens with zero attached hydrogens (tertiary/aromatic N) is 2. The Hall–Kier alpha value is -0.970. The maximum atomic E-state index is 12.0. The number of aromatic nitrogens is 2. The van der Waals surface area contributed by atoms with Crippen molar-refractivity contribution in [2.45, 2.75) is 44.3 Å². The SMILES string of the molecule is C[C@@H]1[C@@H](C)CCC[C@H]1NC(=O)CSc1nccn1C. The molecule has 1 amide bonds. The highest BCUT2D eigenvalue weighted by Crippen LogP contribution is 2.29. The van der Waals surface area contributed by atoms with Crippen molar-refractivity contribution in [3.8, 4) is 0 Å². The second-order valence-electron chi connectivity index (χ2n) is 5.55. The number of carbonyl (C=O) groups is 1. The quantitative estimate of drug-likeness (QED) is 0.862. The van der Waals surface area contributed by atoms with E-state index in [-0.39, 0.29) is 5.91 Å². The molecule has 0 radical (unpaired) electrons. The van der Waals surface area contributed by atoms with Crippen LogP contribution in [-0.4, -0.2) is 27.3 Å². The van der Waals surface area contributed by atoms with Crippen LogP contribution in [0.25, 0.3) is 0 Å². The average molecular weight is 281 g/mol. The number of amides is 1. The maximum Gasteiger partial charge on any atom is 0.230 e. The minimum atomic E-state index is 0.124.